The predicted molar refractivity (Wildman–Crippen MR) is 79.3 cm³/mol. The van der Waals surface area contributed by atoms with Gasteiger partial charge in [-0.2, -0.15) is 0 Å². The first-order valence-corrected chi connectivity index (χ1v) is 6.43. The Morgan fingerprint density at radius 1 is 1.45 bits per heavy atom. The van der Waals surface area contributed by atoms with Crippen molar-refractivity contribution in [2.75, 3.05) is 25.1 Å². The molecule has 7 nitrogen and oxygen atoms in total. The van der Waals surface area contributed by atoms with E-state index in [9.17, 15) is 4.79 Å². The van der Waals surface area contributed by atoms with E-state index < -0.39 is 5.91 Å². The molecule has 0 saturated carbocycles. The molecule has 1 aromatic rings. The Hall–Kier alpha value is -2.12. The number of nitrogens with one attached hydrogen (secondary N) is 2. The Bertz CT molecular complexity index is 462. The van der Waals surface area contributed by atoms with E-state index in [1.54, 1.807) is 24.3 Å². The van der Waals surface area contributed by atoms with Crippen LogP contribution in [0.2, 0.25) is 0 Å². The number of benzene rings is 1. The van der Waals surface area contributed by atoms with Gasteiger partial charge in [-0.15, -0.1) is 0 Å². The topological polar surface area (TPSA) is 115 Å². The molecule has 6 N–H and O–H groups in total. The first-order chi connectivity index (χ1) is 9.67. The van der Waals surface area contributed by atoms with Crippen molar-refractivity contribution < 1.29 is 9.53 Å². The molecule has 0 heterocycles. The van der Waals surface area contributed by atoms with E-state index in [0.29, 0.717) is 37.0 Å². The van der Waals surface area contributed by atoms with Crippen LogP contribution in [0, 0.1) is 0 Å². The van der Waals surface area contributed by atoms with Gasteiger partial charge in [-0.1, -0.05) is 6.07 Å². The van der Waals surface area contributed by atoms with Crippen molar-refractivity contribution in [3.63, 3.8) is 0 Å². The molecule has 0 spiro atoms. The van der Waals surface area contributed by atoms with Crippen LogP contribution in [-0.2, 0) is 4.74 Å². The molecule has 7 heteroatoms. The zero-order chi connectivity index (χ0) is 14.8. The van der Waals surface area contributed by atoms with E-state index in [2.05, 4.69) is 15.7 Å². The number of nitrogens with zero attached hydrogens (tertiary/aromatic N) is 1. The molecule has 1 amide bonds. The fourth-order valence-electron chi connectivity index (χ4n) is 1.51. The monoisotopic (exact) mass is 279 g/mol. The third kappa shape index (κ3) is 5.68. The van der Waals surface area contributed by atoms with Gasteiger partial charge in [0.05, 0.1) is 0 Å². The average molecular weight is 279 g/mol. The largest absolute Gasteiger partial charge is 0.382 e. The molecule has 110 valence electrons. The van der Waals surface area contributed by atoms with Crippen molar-refractivity contribution in [3.8, 4) is 0 Å². The van der Waals surface area contributed by atoms with Gasteiger partial charge < -0.3 is 15.8 Å². The summed E-state index contributed by atoms with van der Waals surface area (Å²) in [5.74, 6) is 5.33. The number of hydrogen-bond acceptors (Lipinski definition) is 4. The summed E-state index contributed by atoms with van der Waals surface area (Å²) in [5.41, 5.74) is 8.80. The number of amides is 1. The minimum absolute atomic E-state index is 0.419. The van der Waals surface area contributed by atoms with Gasteiger partial charge >= 0.3 is 0 Å². The molecule has 0 bridgehead atoms. The summed E-state index contributed by atoms with van der Waals surface area (Å²) in [6, 6.07) is 6.79. The van der Waals surface area contributed by atoms with Crippen LogP contribution in [0.4, 0.5) is 5.69 Å². The van der Waals surface area contributed by atoms with Gasteiger partial charge in [0, 0.05) is 31.0 Å². The standard InChI is InChI=1S/C13H21N5O2/c1-2-20-8-4-7-16-13(18-15)17-11-6-3-5-10(9-11)12(14)19/h3,5-6,9H,2,4,7-8,15H2,1H3,(H2,14,19)(H2,16,17,18). The highest BCUT2D eigenvalue weighted by Gasteiger charge is 2.02. The quantitative estimate of drug-likeness (QED) is 0.190. The summed E-state index contributed by atoms with van der Waals surface area (Å²) in [5, 5.41) is 2.98. The number of rotatable bonds is 7. The van der Waals surface area contributed by atoms with E-state index in [1.807, 2.05) is 6.92 Å². The second-order valence-electron chi connectivity index (χ2n) is 4.00. The van der Waals surface area contributed by atoms with Gasteiger partial charge in [0.25, 0.3) is 0 Å². The minimum atomic E-state index is -0.482. The maximum Gasteiger partial charge on any atom is 0.248 e. The molecule has 0 radical (unpaired) electrons. The summed E-state index contributed by atoms with van der Waals surface area (Å²) >= 11 is 0. The lowest BCUT2D eigenvalue weighted by Gasteiger charge is -2.10. The van der Waals surface area contributed by atoms with E-state index in [0.717, 1.165) is 6.42 Å². The highest BCUT2D eigenvalue weighted by atomic mass is 16.5. The maximum atomic E-state index is 11.1. The van der Waals surface area contributed by atoms with Gasteiger partial charge in [0.2, 0.25) is 11.9 Å². The number of ether oxygens (including phenoxy) is 1. The van der Waals surface area contributed by atoms with Gasteiger partial charge in [0.15, 0.2) is 0 Å². The number of aliphatic imine (C=N–C) groups is 1. The van der Waals surface area contributed by atoms with Crippen molar-refractivity contribution in [2.45, 2.75) is 13.3 Å². The molecule has 20 heavy (non-hydrogen) atoms. The number of primary amides is 1. The molecular weight excluding hydrogens is 258 g/mol. The summed E-state index contributed by atoms with van der Waals surface area (Å²) in [7, 11) is 0. The molecule has 1 rings (SSSR count). The Kier molecular flexibility index (Phi) is 7.08. The van der Waals surface area contributed by atoms with Crippen LogP contribution in [0.1, 0.15) is 23.7 Å². The molecule has 0 aliphatic heterocycles. The lowest BCUT2D eigenvalue weighted by atomic mass is 10.2. The van der Waals surface area contributed by atoms with Gasteiger partial charge in [-0.3, -0.25) is 15.2 Å². The van der Waals surface area contributed by atoms with E-state index in [1.165, 1.54) is 0 Å². The molecule has 0 fully saturated rings. The molecule has 0 saturated heterocycles. The molecule has 1 aromatic carbocycles. The number of anilines is 1. The van der Waals surface area contributed by atoms with Crippen LogP contribution in [0.15, 0.2) is 29.3 Å². The van der Waals surface area contributed by atoms with Crippen LogP contribution in [0.3, 0.4) is 0 Å². The molecule has 0 atom stereocenters. The van der Waals surface area contributed by atoms with E-state index in [-0.39, 0.29) is 0 Å². The lowest BCUT2D eigenvalue weighted by Crippen LogP contribution is -2.36. The number of carbonyl (C=O) groups excluding carboxylic acids is 1. The van der Waals surface area contributed by atoms with Crippen LogP contribution >= 0.6 is 0 Å². The number of carbonyl (C=O) groups is 1. The van der Waals surface area contributed by atoms with Crippen molar-refractivity contribution in [3.05, 3.63) is 29.8 Å². The van der Waals surface area contributed by atoms with Crippen LogP contribution in [0.25, 0.3) is 0 Å². The first-order valence-electron chi connectivity index (χ1n) is 6.43. The summed E-state index contributed by atoms with van der Waals surface area (Å²) < 4.78 is 5.22. The van der Waals surface area contributed by atoms with Crippen LogP contribution < -0.4 is 22.3 Å². The molecule has 0 aliphatic rings. The first kappa shape index (κ1) is 15.9. The van der Waals surface area contributed by atoms with Crippen LogP contribution in [0.5, 0.6) is 0 Å². The smallest absolute Gasteiger partial charge is 0.248 e. The van der Waals surface area contributed by atoms with Crippen LogP contribution in [-0.4, -0.2) is 31.6 Å². The highest BCUT2D eigenvalue weighted by molar-refractivity contribution is 5.97. The van der Waals surface area contributed by atoms with E-state index in [4.69, 9.17) is 16.3 Å². The van der Waals surface area contributed by atoms with Gasteiger partial charge in [-0.05, 0) is 31.5 Å². The van der Waals surface area contributed by atoms with Gasteiger partial charge in [0.1, 0.15) is 0 Å². The Morgan fingerprint density at radius 2 is 2.25 bits per heavy atom. The fourth-order valence-corrected chi connectivity index (χ4v) is 1.51. The third-order valence-electron chi connectivity index (χ3n) is 2.47. The van der Waals surface area contributed by atoms with Crippen molar-refractivity contribution in [1.29, 1.82) is 0 Å². The minimum Gasteiger partial charge on any atom is -0.382 e. The number of hydrogen-bond donors (Lipinski definition) is 4. The Morgan fingerprint density at radius 3 is 2.90 bits per heavy atom. The van der Waals surface area contributed by atoms with Crippen molar-refractivity contribution in [1.82, 2.24) is 5.43 Å². The van der Waals surface area contributed by atoms with Crippen molar-refractivity contribution >= 4 is 17.6 Å². The molecule has 0 unspecified atom stereocenters. The lowest BCUT2D eigenvalue weighted by molar-refractivity contribution is 0.100. The van der Waals surface area contributed by atoms with Crippen molar-refractivity contribution in [2.24, 2.45) is 16.6 Å². The summed E-state index contributed by atoms with van der Waals surface area (Å²) in [6.45, 7) is 3.89. The van der Waals surface area contributed by atoms with Gasteiger partial charge in [-0.25, -0.2) is 5.84 Å². The Labute approximate surface area is 118 Å². The molecule has 0 aliphatic carbocycles. The summed E-state index contributed by atoms with van der Waals surface area (Å²) in [4.78, 5) is 15.3. The normalized spacial score (nSPS) is 11.2. The SMILES string of the molecule is CCOCCCN=C(NN)Nc1cccc(C(N)=O)c1. The Balaban J connectivity index is 2.56. The highest BCUT2D eigenvalue weighted by Crippen LogP contribution is 2.09. The summed E-state index contributed by atoms with van der Waals surface area (Å²) in [6.07, 6.45) is 0.808. The average Bonchev–Trinajstić information content (AvgIpc) is 2.46. The predicted octanol–water partition coefficient (Wildman–Crippen LogP) is 0.443. The number of guanidine groups is 1. The molecular formula is C13H21N5O2. The zero-order valence-corrected chi connectivity index (χ0v) is 11.6. The third-order valence-corrected chi connectivity index (χ3v) is 2.47. The molecule has 0 aromatic heterocycles. The second kappa shape index (κ2) is 8.89. The number of nitrogens with two attached hydrogens (primary N) is 2. The second-order valence-corrected chi connectivity index (χ2v) is 4.00. The fraction of sp³-hybridized carbons (Fsp3) is 0.385. The van der Waals surface area contributed by atoms with E-state index >= 15 is 0 Å². The number of hydrazine groups is 1. The maximum absolute atomic E-state index is 11.1. The zero-order valence-electron chi connectivity index (χ0n) is 11.6.